The summed E-state index contributed by atoms with van der Waals surface area (Å²) in [5, 5.41) is 9.38. The van der Waals surface area contributed by atoms with Crippen molar-refractivity contribution in [1.29, 1.82) is 0 Å². The molecule has 6 heteroatoms. The van der Waals surface area contributed by atoms with Crippen LogP contribution in [-0.2, 0) is 9.47 Å². The molecular formula is C10H13NO5. The van der Waals surface area contributed by atoms with Gasteiger partial charge in [-0.25, -0.2) is 9.59 Å². The number of nitrogens with one attached hydrogen (secondary N) is 1. The van der Waals surface area contributed by atoms with Gasteiger partial charge in [-0.15, -0.1) is 0 Å². The van der Waals surface area contributed by atoms with E-state index in [-0.39, 0.29) is 24.5 Å². The number of carbonyl (C=O) groups excluding carboxylic acids is 2. The first-order chi connectivity index (χ1) is 7.60. The summed E-state index contributed by atoms with van der Waals surface area (Å²) >= 11 is 0. The number of hydrogen-bond donors (Lipinski definition) is 2. The Hall–Kier alpha value is -1.98. The van der Waals surface area contributed by atoms with Gasteiger partial charge >= 0.3 is 11.9 Å². The van der Waals surface area contributed by atoms with Gasteiger partial charge in [-0.3, -0.25) is 0 Å². The quantitative estimate of drug-likeness (QED) is 0.751. The summed E-state index contributed by atoms with van der Waals surface area (Å²) in [5.74, 6) is -1.72. The summed E-state index contributed by atoms with van der Waals surface area (Å²) < 4.78 is 9.39. The summed E-state index contributed by atoms with van der Waals surface area (Å²) in [5.41, 5.74) is -0.0627. The van der Waals surface area contributed by atoms with Crippen LogP contribution in [0.2, 0.25) is 0 Å². The summed E-state index contributed by atoms with van der Waals surface area (Å²) in [6.07, 6.45) is 0. The van der Waals surface area contributed by atoms with Gasteiger partial charge in [-0.2, -0.15) is 0 Å². The Labute approximate surface area is 92.2 Å². The van der Waals surface area contributed by atoms with Crippen LogP contribution in [0.3, 0.4) is 0 Å². The second-order valence-corrected chi connectivity index (χ2v) is 2.89. The number of esters is 2. The number of rotatable bonds is 4. The van der Waals surface area contributed by atoms with Gasteiger partial charge in [0.05, 0.1) is 13.2 Å². The van der Waals surface area contributed by atoms with Crippen LogP contribution in [0, 0.1) is 0 Å². The molecule has 6 nitrogen and oxygen atoms in total. The molecule has 0 bridgehead atoms. The molecule has 0 aliphatic rings. The number of ether oxygens (including phenoxy) is 2. The lowest BCUT2D eigenvalue weighted by molar-refractivity contribution is 0.0516. The van der Waals surface area contributed by atoms with Crippen molar-refractivity contribution in [3.05, 3.63) is 17.3 Å². The van der Waals surface area contributed by atoms with E-state index in [1.165, 1.54) is 6.07 Å². The van der Waals surface area contributed by atoms with Gasteiger partial charge in [0.2, 0.25) is 5.88 Å². The van der Waals surface area contributed by atoms with Gasteiger partial charge < -0.3 is 19.6 Å². The molecule has 16 heavy (non-hydrogen) atoms. The Kier molecular flexibility index (Phi) is 3.93. The molecule has 88 valence electrons. The Bertz CT molecular complexity index is 396. The smallest absolute Gasteiger partial charge is 0.354 e. The van der Waals surface area contributed by atoms with E-state index in [9.17, 15) is 14.7 Å². The van der Waals surface area contributed by atoms with Crippen molar-refractivity contribution in [1.82, 2.24) is 4.98 Å². The zero-order valence-electron chi connectivity index (χ0n) is 9.07. The zero-order chi connectivity index (χ0) is 12.1. The molecule has 0 atom stereocenters. The number of aromatic hydroxyl groups is 1. The minimum atomic E-state index is -0.688. The molecule has 1 aromatic heterocycles. The standard InChI is InChI=1S/C10H13NO5/c1-3-15-9(13)6-5-7(11-8(6)12)10(14)16-4-2/h5,11-12H,3-4H2,1-2H3. The highest BCUT2D eigenvalue weighted by Crippen LogP contribution is 2.19. The molecule has 0 aliphatic heterocycles. The first-order valence-electron chi connectivity index (χ1n) is 4.86. The summed E-state index contributed by atoms with van der Waals surface area (Å²) in [6, 6.07) is 1.20. The molecule has 2 N–H and O–H groups in total. The molecule has 0 amide bonds. The third-order valence-corrected chi connectivity index (χ3v) is 1.79. The number of aromatic amines is 1. The van der Waals surface area contributed by atoms with Crippen molar-refractivity contribution in [2.75, 3.05) is 13.2 Å². The van der Waals surface area contributed by atoms with Crippen molar-refractivity contribution in [3.63, 3.8) is 0 Å². The van der Waals surface area contributed by atoms with Crippen LogP contribution in [0.5, 0.6) is 5.88 Å². The maximum Gasteiger partial charge on any atom is 0.354 e. The number of H-pyrrole nitrogens is 1. The highest BCUT2D eigenvalue weighted by Gasteiger charge is 2.19. The van der Waals surface area contributed by atoms with Gasteiger partial charge in [0.25, 0.3) is 0 Å². The minimum Gasteiger partial charge on any atom is -0.494 e. The highest BCUT2D eigenvalue weighted by atomic mass is 16.5. The van der Waals surface area contributed by atoms with E-state index in [1.807, 2.05) is 0 Å². The van der Waals surface area contributed by atoms with Crippen molar-refractivity contribution < 1.29 is 24.2 Å². The van der Waals surface area contributed by atoms with Crippen molar-refractivity contribution in [2.45, 2.75) is 13.8 Å². The number of carbonyl (C=O) groups is 2. The average Bonchev–Trinajstić information content (AvgIpc) is 2.61. The third-order valence-electron chi connectivity index (χ3n) is 1.79. The predicted molar refractivity (Wildman–Crippen MR) is 54.4 cm³/mol. The fraction of sp³-hybridized carbons (Fsp3) is 0.400. The number of hydrogen-bond acceptors (Lipinski definition) is 5. The molecule has 0 saturated heterocycles. The van der Waals surface area contributed by atoms with Crippen LogP contribution < -0.4 is 0 Å². The first kappa shape index (κ1) is 12.1. The summed E-state index contributed by atoms with van der Waals surface area (Å²) in [7, 11) is 0. The SMILES string of the molecule is CCOC(=O)c1cc(C(=O)OCC)c(O)[nH]1. The summed E-state index contributed by atoms with van der Waals surface area (Å²) in [6.45, 7) is 3.71. The van der Waals surface area contributed by atoms with E-state index in [2.05, 4.69) is 4.98 Å². The Morgan fingerprint density at radius 2 is 1.81 bits per heavy atom. The van der Waals surface area contributed by atoms with Crippen molar-refractivity contribution in [2.24, 2.45) is 0 Å². The lowest BCUT2D eigenvalue weighted by Gasteiger charge is -1.97. The van der Waals surface area contributed by atoms with Gasteiger partial charge in [-0.1, -0.05) is 0 Å². The Morgan fingerprint density at radius 3 is 2.38 bits per heavy atom. The second-order valence-electron chi connectivity index (χ2n) is 2.89. The van der Waals surface area contributed by atoms with Gasteiger partial charge in [-0.05, 0) is 19.9 Å². The molecule has 0 saturated carbocycles. The monoisotopic (exact) mass is 227 g/mol. The summed E-state index contributed by atoms with van der Waals surface area (Å²) in [4.78, 5) is 24.9. The zero-order valence-corrected chi connectivity index (χ0v) is 9.07. The molecule has 1 heterocycles. The lowest BCUT2D eigenvalue weighted by Crippen LogP contribution is -2.05. The highest BCUT2D eigenvalue weighted by molar-refractivity contribution is 5.96. The van der Waals surface area contributed by atoms with Crippen LogP contribution in [0.1, 0.15) is 34.7 Å². The molecule has 0 radical (unpaired) electrons. The maximum absolute atomic E-state index is 11.3. The number of aromatic nitrogens is 1. The molecule has 0 unspecified atom stereocenters. The minimum absolute atomic E-state index is 0.0161. The Balaban J connectivity index is 2.89. The van der Waals surface area contributed by atoms with Crippen molar-refractivity contribution >= 4 is 11.9 Å². The van der Waals surface area contributed by atoms with Crippen LogP contribution in [0.15, 0.2) is 6.07 Å². The average molecular weight is 227 g/mol. The molecule has 1 aromatic rings. The van der Waals surface area contributed by atoms with Crippen LogP contribution >= 0.6 is 0 Å². The lowest BCUT2D eigenvalue weighted by atomic mass is 10.3. The van der Waals surface area contributed by atoms with E-state index >= 15 is 0 Å². The van der Waals surface area contributed by atoms with Crippen LogP contribution in [0.25, 0.3) is 0 Å². The molecule has 0 fully saturated rings. The Morgan fingerprint density at radius 1 is 1.25 bits per heavy atom. The molecule has 1 rings (SSSR count). The van der Waals surface area contributed by atoms with Crippen molar-refractivity contribution in [3.8, 4) is 5.88 Å². The van der Waals surface area contributed by atoms with E-state index in [0.29, 0.717) is 0 Å². The van der Waals surface area contributed by atoms with Crippen LogP contribution in [-0.4, -0.2) is 35.2 Å². The van der Waals surface area contributed by atoms with E-state index < -0.39 is 17.8 Å². The molecule has 0 aromatic carbocycles. The van der Waals surface area contributed by atoms with E-state index in [0.717, 1.165) is 0 Å². The largest absolute Gasteiger partial charge is 0.494 e. The normalized spacial score (nSPS) is 9.88. The first-order valence-corrected chi connectivity index (χ1v) is 4.86. The molecule has 0 spiro atoms. The van der Waals surface area contributed by atoms with Gasteiger partial charge in [0, 0.05) is 0 Å². The second kappa shape index (κ2) is 5.20. The van der Waals surface area contributed by atoms with Crippen LogP contribution in [0.4, 0.5) is 0 Å². The van der Waals surface area contributed by atoms with Gasteiger partial charge in [0.1, 0.15) is 11.3 Å². The van der Waals surface area contributed by atoms with Gasteiger partial charge in [0.15, 0.2) is 0 Å². The molecule has 0 aliphatic carbocycles. The fourth-order valence-corrected chi connectivity index (χ4v) is 1.13. The molecular weight excluding hydrogens is 214 g/mol. The fourth-order valence-electron chi connectivity index (χ4n) is 1.13. The van der Waals surface area contributed by atoms with E-state index in [1.54, 1.807) is 13.8 Å². The third kappa shape index (κ3) is 2.53. The van der Waals surface area contributed by atoms with E-state index in [4.69, 9.17) is 9.47 Å². The maximum atomic E-state index is 11.3. The topological polar surface area (TPSA) is 88.6 Å². The predicted octanol–water partition coefficient (Wildman–Crippen LogP) is 1.07.